The quantitative estimate of drug-likeness (QED) is 0.548. The lowest BCUT2D eigenvalue weighted by atomic mass is 10.2. The Balaban J connectivity index is 1.40. The first-order chi connectivity index (χ1) is 16.0. The van der Waals surface area contributed by atoms with Gasteiger partial charge >= 0.3 is 0 Å². The van der Waals surface area contributed by atoms with Gasteiger partial charge in [-0.15, -0.1) is 0 Å². The van der Waals surface area contributed by atoms with E-state index in [1.165, 1.54) is 11.8 Å². The lowest BCUT2D eigenvalue weighted by Gasteiger charge is -2.24. The Kier molecular flexibility index (Phi) is 5.95. The summed E-state index contributed by atoms with van der Waals surface area (Å²) in [6.45, 7) is 0.459. The molecule has 6 nitrogen and oxygen atoms in total. The van der Waals surface area contributed by atoms with Crippen LogP contribution in [0.15, 0.2) is 89.9 Å². The number of amidine groups is 1. The molecule has 0 aliphatic carbocycles. The highest BCUT2D eigenvalue weighted by Crippen LogP contribution is 2.41. The van der Waals surface area contributed by atoms with E-state index in [0.717, 1.165) is 11.3 Å². The van der Waals surface area contributed by atoms with E-state index in [9.17, 15) is 13.2 Å². The van der Waals surface area contributed by atoms with Gasteiger partial charge in [0.05, 0.1) is 17.5 Å². The second-order valence-electron chi connectivity index (χ2n) is 8.00. The van der Waals surface area contributed by atoms with E-state index in [1.54, 1.807) is 24.3 Å². The first-order valence-electron chi connectivity index (χ1n) is 10.6. The predicted molar refractivity (Wildman–Crippen MR) is 132 cm³/mol. The highest BCUT2D eigenvalue weighted by molar-refractivity contribution is 8.16. The average Bonchev–Trinajstić information content (AvgIpc) is 3.30. The number of benzene rings is 3. The molecular weight excluding hydrogens is 456 g/mol. The Labute approximate surface area is 197 Å². The van der Waals surface area contributed by atoms with Crippen LogP contribution in [0.3, 0.4) is 0 Å². The van der Waals surface area contributed by atoms with Gasteiger partial charge in [-0.2, -0.15) is 4.99 Å². The smallest absolute Gasteiger partial charge is 0.279 e. The number of ether oxygens (including phenoxy) is 1. The summed E-state index contributed by atoms with van der Waals surface area (Å²) in [6, 6.07) is 26.0. The highest BCUT2D eigenvalue weighted by Gasteiger charge is 2.49. The molecule has 33 heavy (non-hydrogen) atoms. The van der Waals surface area contributed by atoms with Crippen molar-refractivity contribution in [3.63, 3.8) is 0 Å². The van der Waals surface area contributed by atoms with Gasteiger partial charge in [-0.05, 0) is 42.0 Å². The molecule has 2 fully saturated rings. The fourth-order valence-electron chi connectivity index (χ4n) is 4.04. The van der Waals surface area contributed by atoms with Crippen LogP contribution in [0.4, 0.5) is 5.69 Å². The summed E-state index contributed by atoms with van der Waals surface area (Å²) in [7, 11) is -3.13. The van der Waals surface area contributed by atoms with Crippen molar-refractivity contribution >= 4 is 38.4 Å². The normalized spacial score (nSPS) is 22.3. The van der Waals surface area contributed by atoms with Gasteiger partial charge in [0.15, 0.2) is 15.0 Å². The molecule has 3 aromatic carbocycles. The molecule has 1 amide bonds. The van der Waals surface area contributed by atoms with Gasteiger partial charge in [-0.3, -0.25) is 4.79 Å². The Morgan fingerprint density at radius 1 is 0.939 bits per heavy atom. The number of amides is 1. The third kappa shape index (κ3) is 4.82. The van der Waals surface area contributed by atoms with Gasteiger partial charge in [0, 0.05) is 16.5 Å². The molecule has 0 radical (unpaired) electrons. The van der Waals surface area contributed by atoms with Crippen LogP contribution < -0.4 is 9.64 Å². The fourth-order valence-corrected chi connectivity index (χ4v) is 7.95. The SMILES string of the molecule is O=C(N=C1S[C@H]2CS(=O)(=O)C[C@H]2N1c1ccc(OCc2ccccc2)cc1)c1ccccc1. The minimum absolute atomic E-state index is 0.0511. The van der Waals surface area contributed by atoms with Gasteiger partial charge in [0.2, 0.25) is 0 Å². The van der Waals surface area contributed by atoms with Gasteiger partial charge < -0.3 is 9.64 Å². The summed E-state index contributed by atoms with van der Waals surface area (Å²) in [4.78, 5) is 19.0. The molecular formula is C25H22N2O4S2. The summed E-state index contributed by atoms with van der Waals surface area (Å²) in [6.07, 6.45) is 0. The third-order valence-electron chi connectivity index (χ3n) is 5.65. The molecule has 0 unspecified atom stereocenters. The minimum Gasteiger partial charge on any atom is -0.489 e. The summed E-state index contributed by atoms with van der Waals surface area (Å²) >= 11 is 1.37. The number of rotatable bonds is 5. The van der Waals surface area contributed by atoms with Crippen LogP contribution >= 0.6 is 11.8 Å². The summed E-state index contributed by atoms with van der Waals surface area (Å²) in [5, 5.41) is 0.387. The molecule has 2 heterocycles. The molecule has 2 aliphatic heterocycles. The van der Waals surface area contributed by atoms with Gasteiger partial charge in [0.1, 0.15) is 12.4 Å². The third-order valence-corrected chi connectivity index (χ3v) is 8.86. The number of fused-ring (bicyclic) bond motifs is 1. The van der Waals surface area contributed by atoms with Crippen LogP contribution in [0.25, 0.3) is 0 Å². The number of carbonyl (C=O) groups excluding carboxylic acids is 1. The molecule has 8 heteroatoms. The monoisotopic (exact) mass is 478 g/mol. The topological polar surface area (TPSA) is 76.0 Å². The molecule has 2 saturated heterocycles. The standard InChI is InChI=1S/C25H22N2O4S2/c28-24(19-9-5-2-6-10-19)26-25-27(22-16-33(29,30)17-23(22)32-25)20-11-13-21(14-12-20)31-15-18-7-3-1-4-8-18/h1-14,22-23H,15-17H2/t22-,23+/m1/s1. The highest BCUT2D eigenvalue weighted by atomic mass is 32.2. The zero-order chi connectivity index (χ0) is 22.8. The molecule has 2 atom stereocenters. The number of nitrogens with zero attached hydrogens (tertiary/aromatic N) is 2. The van der Waals surface area contributed by atoms with Crippen LogP contribution in [-0.2, 0) is 16.4 Å². The van der Waals surface area contributed by atoms with Crippen molar-refractivity contribution in [2.45, 2.75) is 17.9 Å². The Morgan fingerprint density at radius 2 is 1.61 bits per heavy atom. The molecule has 2 aliphatic rings. The zero-order valence-electron chi connectivity index (χ0n) is 17.7. The lowest BCUT2D eigenvalue weighted by molar-refractivity contribution is 0.100. The summed E-state index contributed by atoms with van der Waals surface area (Å²) < 4.78 is 30.4. The number of aliphatic imine (C=N–C) groups is 1. The van der Waals surface area contributed by atoms with Crippen molar-refractivity contribution in [3.8, 4) is 5.75 Å². The van der Waals surface area contributed by atoms with Crippen molar-refractivity contribution in [1.29, 1.82) is 0 Å². The van der Waals surface area contributed by atoms with E-state index in [0.29, 0.717) is 23.1 Å². The van der Waals surface area contributed by atoms with Crippen molar-refractivity contribution in [2.75, 3.05) is 16.4 Å². The predicted octanol–water partition coefficient (Wildman–Crippen LogP) is 4.18. The largest absolute Gasteiger partial charge is 0.489 e. The van der Waals surface area contributed by atoms with E-state index in [1.807, 2.05) is 65.6 Å². The molecule has 3 aromatic rings. The van der Waals surface area contributed by atoms with Crippen molar-refractivity contribution in [1.82, 2.24) is 0 Å². The lowest BCUT2D eigenvalue weighted by Crippen LogP contribution is -2.37. The van der Waals surface area contributed by atoms with E-state index < -0.39 is 9.84 Å². The maximum absolute atomic E-state index is 12.7. The maximum atomic E-state index is 12.7. The molecule has 0 N–H and O–H groups in total. The number of anilines is 1. The van der Waals surface area contributed by atoms with Gasteiger partial charge in [-0.25, -0.2) is 8.42 Å². The molecule has 0 aromatic heterocycles. The Hall–Kier alpha value is -3.10. The van der Waals surface area contributed by atoms with Crippen LogP contribution in [0, 0.1) is 0 Å². The second-order valence-corrected chi connectivity index (χ2v) is 11.4. The molecule has 0 bridgehead atoms. The first kappa shape index (κ1) is 21.7. The van der Waals surface area contributed by atoms with Crippen molar-refractivity contribution in [2.24, 2.45) is 4.99 Å². The summed E-state index contributed by atoms with van der Waals surface area (Å²) in [5.74, 6) is 0.517. The Morgan fingerprint density at radius 3 is 2.30 bits per heavy atom. The first-order valence-corrected chi connectivity index (χ1v) is 13.3. The van der Waals surface area contributed by atoms with Crippen LogP contribution in [0.1, 0.15) is 15.9 Å². The minimum atomic E-state index is -3.13. The van der Waals surface area contributed by atoms with Crippen LogP contribution in [-0.4, -0.2) is 42.3 Å². The van der Waals surface area contributed by atoms with E-state index >= 15 is 0 Å². The van der Waals surface area contributed by atoms with E-state index in [4.69, 9.17) is 4.74 Å². The number of hydrogen-bond donors (Lipinski definition) is 0. The van der Waals surface area contributed by atoms with Crippen molar-refractivity contribution < 1.29 is 17.9 Å². The number of carbonyl (C=O) groups is 1. The molecule has 0 spiro atoms. The molecule has 168 valence electrons. The van der Waals surface area contributed by atoms with Gasteiger partial charge in [-0.1, -0.05) is 60.3 Å². The number of sulfone groups is 1. The fraction of sp³-hybridized carbons (Fsp3) is 0.200. The van der Waals surface area contributed by atoms with E-state index in [-0.39, 0.29) is 28.7 Å². The molecule has 0 saturated carbocycles. The molecule has 5 rings (SSSR count). The average molecular weight is 479 g/mol. The number of thioether (sulfide) groups is 1. The van der Waals surface area contributed by atoms with Crippen LogP contribution in [0.2, 0.25) is 0 Å². The Bertz CT molecular complexity index is 1280. The van der Waals surface area contributed by atoms with Crippen LogP contribution in [0.5, 0.6) is 5.75 Å². The van der Waals surface area contributed by atoms with E-state index in [2.05, 4.69) is 4.99 Å². The maximum Gasteiger partial charge on any atom is 0.279 e. The zero-order valence-corrected chi connectivity index (χ0v) is 19.3. The van der Waals surface area contributed by atoms with Crippen molar-refractivity contribution in [3.05, 3.63) is 96.1 Å². The second kappa shape index (κ2) is 9.03. The summed E-state index contributed by atoms with van der Waals surface area (Å²) in [5.41, 5.74) is 2.36. The van der Waals surface area contributed by atoms with Gasteiger partial charge in [0.25, 0.3) is 5.91 Å². The number of hydrogen-bond acceptors (Lipinski definition) is 5.